The fraction of sp³-hybridized carbons (Fsp3) is 0.364. The minimum absolute atomic E-state index is 0.0304. The third-order valence-electron chi connectivity index (χ3n) is 6.25. The van der Waals surface area contributed by atoms with Crippen LogP contribution in [-0.4, -0.2) is 41.2 Å². The molecule has 0 radical (unpaired) electrons. The summed E-state index contributed by atoms with van der Waals surface area (Å²) >= 11 is 3.54. The van der Waals surface area contributed by atoms with Crippen LogP contribution in [0.25, 0.3) is 0 Å². The Morgan fingerprint density at radius 3 is 2.58 bits per heavy atom. The van der Waals surface area contributed by atoms with Crippen LogP contribution in [0.1, 0.15) is 27.3 Å². The van der Waals surface area contributed by atoms with E-state index in [1.54, 1.807) is 6.07 Å². The van der Waals surface area contributed by atoms with Crippen LogP contribution >= 0.6 is 15.9 Å². The number of ether oxygens (including phenoxy) is 3. The van der Waals surface area contributed by atoms with Gasteiger partial charge in [0.2, 0.25) is 5.76 Å². The molecule has 2 aliphatic carbocycles. The lowest BCUT2D eigenvalue weighted by atomic mass is 9.80. The summed E-state index contributed by atoms with van der Waals surface area (Å²) in [7, 11) is 0. The van der Waals surface area contributed by atoms with Gasteiger partial charge in [0.15, 0.2) is 12.4 Å². The van der Waals surface area contributed by atoms with Gasteiger partial charge in [0.05, 0.1) is 22.9 Å². The highest BCUT2D eigenvalue weighted by molar-refractivity contribution is 9.09. The Bertz CT molecular complexity index is 1040. The van der Waals surface area contributed by atoms with Crippen molar-refractivity contribution < 1.29 is 37.8 Å². The molecule has 3 aliphatic rings. The zero-order valence-corrected chi connectivity index (χ0v) is 17.6. The minimum Gasteiger partial charge on any atom is -0.461 e. The van der Waals surface area contributed by atoms with E-state index in [9.17, 15) is 19.2 Å². The molecule has 3 fully saturated rings. The number of carbonyl (C=O) groups is 4. The van der Waals surface area contributed by atoms with Crippen molar-refractivity contribution >= 4 is 39.6 Å². The number of rotatable bonds is 6. The lowest BCUT2D eigenvalue weighted by Crippen LogP contribution is -2.39. The van der Waals surface area contributed by atoms with Crippen molar-refractivity contribution in [1.82, 2.24) is 0 Å². The first-order chi connectivity index (χ1) is 14.9. The van der Waals surface area contributed by atoms with E-state index in [1.165, 1.54) is 36.6 Å². The summed E-state index contributed by atoms with van der Waals surface area (Å²) in [5.41, 5.74) is 0.303. The number of halogens is 1. The Labute approximate surface area is 184 Å². The van der Waals surface area contributed by atoms with Crippen LogP contribution in [0.4, 0.5) is 0 Å². The molecule has 0 N–H and O–H groups in total. The summed E-state index contributed by atoms with van der Waals surface area (Å²) in [4.78, 5) is 49.0. The first-order valence-corrected chi connectivity index (χ1v) is 10.8. The van der Waals surface area contributed by atoms with Gasteiger partial charge in [0.25, 0.3) is 0 Å². The first kappa shape index (κ1) is 20.0. The number of fused-ring (bicyclic) bond motifs is 1. The van der Waals surface area contributed by atoms with E-state index in [-0.39, 0.29) is 40.2 Å². The van der Waals surface area contributed by atoms with E-state index in [2.05, 4.69) is 15.9 Å². The SMILES string of the molecule is O=C(COC(=O)[C@@H]1[C@H]2C[C@H]3[C@H](OC(=O)[C@@H]31)[C@H]2Br)c1ccc(OC(=O)c2ccco2)cc1. The van der Waals surface area contributed by atoms with Gasteiger partial charge in [-0.25, -0.2) is 4.79 Å². The molecular formula is C22H17BrO8. The van der Waals surface area contributed by atoms with E-state index in [0.29, 0.717) is 5.56 Å². The molecule has 2 aromatic rings. The molecule has 6 atom stereocenters. The standard InChI is InChI=1S/C22H17BrO8/c23-18-12-8-13-17(22(27)31-19(13)18)16(12)21(26)29-9-14(24)10-3-5-11(6-4-10)30-20(25)15-2-1-7-28-15/h1-7,12-13,16-19H,8-9H2/t12-,13-,16-,17+,18+,19+/m1/s1. The fourth-order valence-corrected chi connectivity index (χ4v) is 5.92. The van der Waals surface area contributed by atoms with Gasteiger partial charge in [-0.3, -0.25) is 14.4 Å². The molecular weight excluding hydrogens is 472 g/mol. The maximum atomic E-state index is 12.7. The molecule has 2 saturated carbocycles. The number of Topliss-reactive ketones (excluding diaryl/α,β-unsaturated/α-hetero) is 1. The van der Waals surface area contributed by atoms with Crippen molar-refractivity contribution in [1.29, 1.82) is 0 Å². The van der Waals surface area contributed by atoms with Crippen LogP contribution in [0.2, 0.25) is 0 Å². The predicted molar refractivity (Wildman–Crippen MR) is 107 cm³/mol. The number of esters is 3. The molecule has 160 valence electrons. The van der Waals surface area contributed by atoms with Crippen LogP contribution in [0.3, 0.4) is 0 Å². The van der Waals surface area contributed by atoms with E-state index < -0.39 is 36.2 Å². The minimum atomic E-state index is -0.651. The molecule has 8 nitrogen and oxygen atoms in total. The summed E-state index contributed by atoms with van der Waals surface area (Å²) in [5.74, 6) is -2.70. The number of alkyl halides is 1. The lowest BCUT2D eigenvalue weighted by molar-refractivity contribution is -0.154. The normalized spacial score (nSPS) is 30.2. The van der Waals surface area contributed by atoms with Gasteiger partial charge >= 0.3 is 17.9 Å². The number of hydrogen-bond acceptors (Lipinski definition) is 8. The van der Waals surface area contributed by atoms with Crippen molar-refractivity contribution in [3.63, 3.8) is 0 Å². The largest absolute Gasteiger partial charge is 0.461 e. The second-order valence-electron chi connectivity index (χ2n) is 7.88. The van der Waals surface area contributed by atoms with Gasteiger partial charge in [-0.15, -0.1) is 0 Å². The van der Waals surface area contributed by atoms with E-state index in [1.807, 2.05) is 0 Å². The molecule has 2 heterocycles. The van der Waals surface area contributed by atoms with Crippen LogP contribution in [0, 0.1) is 23.7 Å². The maximum Gasteiger partial charge on any atom is 0.379 e. The molecule has 1 aromatic carbocycles. The van der Waals surface area contributed by atoms with Gasteiger partial charge in [-0.05, 0) is 48.7 Å². The van der Waals surface area contributed by atoms with Gasteiger partial charge in [-0.2, -0.15) is 0 Å². The van der Waals surface area contributed by atoms with Crippen molar-refractivity contribution in [3.8, 4) is 5.75 Å². The fourth-order valence-electron chi connectivity index (χ4n) is 4.87. The van der Waals surface area contributed by atoms with Gasteiger partial charge in [0.1, 0.15) is 11.9 Å². The summed E-state index contributed by atoms with van der Waals surface area (Å²) < 4.78 is 20.8. The second kappa shape index (κ2) is 7.64. The Kier molecular flexibility index (Phi) is 4.92. The molecule has 0 spiro atoms. The van der Waals surface area contributed by atoms with Crippen molar-refractivity contribution in [2.45, 2.75) is 17.4 Å². The molecule has 5 rings (SSSR count). The Balaban J connectivity index is 1.18. The van der Waals surface area contributed by atoms with Gasteiger partial charge in [0, 0.05) is 11.5 Å². The maximum absolute atomic E-state index is 12.7. The van der Waals surface area contributed by atoms with E-state index in [0.717, 1.165) is 6.42 Å². The number of furan rings is 1. The molecule has 0 amide bonds. The zero-order valence-electron chi connectivity index (χ0n) is 16.1. The number of ketones is 1. The van der Waals surface area contributed by atoms with Gasteiger partial charge < -0.3 is 18.6 Å². The Hall–Kier alpha value is -2.94. The molecule has 2 bridgehead atoms. The van der Waals surface area contributed by atoms with Crippen LogP contribution < -0.4 is 4.74 Å². The van der Waals surface area contributed by atoms with Crippen molar-refractivity contribution in [3.05, 3.63) is 54.0 Å². The number of hydrogen-bond donors (Lipinski definition) is 0. The van der Waals surface area contributed by atoms with Crippen molar-refractivity contribution in [2.75, 3.05) is 6.61 Å². The van der Waals surface area contributed by atoms with Crippen LogP contribution in [0.15, 0.2) is 47.1 Å². The summed E-state index contributed by atoms with van der Waals surface area (Å²) in [6.45, 7) is -0.434. The molecule has 1 saturated heterocycles. The molecule has 9 heteroatoms. The smallest absolute Gasteiger partial charge is 0.379 e. The zero-order chi connectivity index (χ0) is 21.7. The topological polar surface area (TPSA) is 109 Å². The second-order valence-corrected chi connectivity index (χ2v) is 8.94. The molecule has 0 unspecified atom stereocenters. The first-order valence-electron chi connectivity index (χ1n) is 9.84. The van der Waals surface area contributed by atoms with Crippen molar-refractivity contribution in [2.24, 2.45) is 23.7 Å². The third kappa shape index (κ3) is 3.37. The highest BCUT2D eigenvalue weighted by Crippen LogP contribution is 2.60. The van der Waals surface area contributed by atoms with Crippen LogP contribution in [0.5, 0.6) is 5.75 Å². The lowest BCUT2D eigenvalue weighted by Gasteiger charge is -2.26. The predicted octanol–water partition coefficient (Wildman–Crippen LogP) is 2.80. The van der Waals surface area contributed by atoms with E-state index in [4.69, 9.17) is 18.6 Å². The van der Waals surface area contributed by atoms with Crippen LogP contribution in [-0.2, 0) is 19.1 Å². The third-order valence-corrected chi connectivity index (χ3v) is 7.45. The average Bonchev–Trinajstić information content (AvgIpc) is 3.52. The molecule has 31 heavy (non-hydrogen) atoms. The summed E-state index contributed by atoms with van der Waals surface area (Å²) in [5, 5.41) is 0. The molecule has 1 aliphatic heterocycles. The van der Waals surface area contributed by atoms with Gasteiger partial charge in [-0.1, -0.05) is 15.9 Å². The monoisotopic (exact) mass is 488 g/mol. The highest BCUT2D eigenvalue weighted by Gasteiger charge is 2.68. The highest BCUT2D eigenvalue weighted by atomic mass is 79.9. The quantitative estimate of drug-likeness (QED) is 0.264. The van der Waals surface area contributed by atoms with E-state index >= 15 is 0 Å². The Morgan fingerprint density at radius 2 is 1.87 bits per heavy atom. The summed E-state index contributed by atoms with van der Waals surface area (Å²) in [6, 6.07) is 8.94. The number of benzene rings is 1. The molecule has 1 aromatic heterocycles. The average molecular weight is 489 g/mol. The number of carbonyl (C=O) groups excluding carboxylic acids is 4. The summed E-state index contributed by atoms with van der Waals surface area (Å²) in [6.07, 6.45) is 1.93. The Morgan fingerprint density at radius 1 is 1.10 bits per heavy atom.